The minimum absolute atomic E-state index is 0.0343. The lowest BCUT2D eigenvalue weighted by molar-refractivity contribution is -0.00969. The number of carbonyl (C=O) groups excluding carboxylic acids is 2. The fourth-order valence-corrected chi connectivity index (χ4v) is 5.89. The molecule has 3 aliphatic carbocycles. The number of hydrogen-bond donors (Lipinski definition) is 2. The summed E-state index contributed by atoms with van der Waals surface area (Å²) in [6.07, 6.45) is 6.88. The Bertz CT molecular complexity index is 933. The molecule has 4 amide bonds. The second-order valence-electron chi connectivity index (χ2n) is 11.5. The molecule has 1 aliphatic heterocycles. The number of allylic oxidation sites excluding steroid dienone is 1. The van der Waals surface area contributed by atoms with Gasteiger partial charge in [0.25, 0.3) is 0 Å². The Hall–Kier alpha value is -2.54. The number of fused-ring (bicyclic) bond motifs is 1. The molecule has 5 rings (SSSR count). The van der Waals surface area contributed by atoms with Gasteiger partial charge in [0, 0.05) is 58.0 Å². The summed E-state index contributed by atoms with van der Waals surface area (Å²) < 4.78 is 0. The van der Waals surface area contributed by atoms with Crippen molar-refractivity contribution in [1.29, 1.82) is 0 Å². The van der Waals surface area contributed by atoms with E-state index in [1.165, 1.54) is 17.6 Å². The maximum Gasteiger partial charge on any atom is 0.322 e. The zero-order valence-corrected chi connectivity index (χ0v) is 22.7. The average molecular weight is 496 g/mol. The average Bonchev–Trinajstić information content (AvgIpc) is 2.88. The van der Waals surface area contributed by atoms with E-state index < -0.39 is 0 Å². The lowest BCUT2D eigenvalue weighted by atomic mass is 9.49. The van der Waals surface area contributed by atoms with Gasteiger partial charge in [-0.05, 0) is 55.6 Å². The zero-order valence-electron chi connectivity index (χ0n) is 22.7. The highest BCUT2D eigenvalue weighted by Gasteiger charge is 2.51. The minimum Gasteiger partial charge on any atom is -0.338 e. The van der Waals surface area contributed by atoms with Crippen molar-refractivity contribution in [3.8, 4) is 0 Å². The number of amides is 4. The Kier molecular flexibility index (Phi) is 8.60. The van der Waals surface area contributed by atoms with Crippen molar-refractivity contribution in [2.24, 2.45) is 17.3 Å². The van der Waals surface area contributed by atoms with E-state index in [1.54, 1.807) is 0 Å². The van der Waals surface area contributed by atoms with Gasteiger partial charge in [-0.1, -0.05) is 56.5 Å². The summed E-state index contributed by atoms with van der Waals surface area (Å²) in [7, 11) is 0. The first-order valence-corrected chi connectivity index (χ1v) is 13.8. The van der Waals surface area contributed by atoms with E-state index in [0.29, 0.717) is 24.4 Å². The lowest BCUT2D eigenvalue weighted by Crippen LogP contribution is -2.54. The van der Waals surface area contributed by atoms with Crippen LogP contribution < -0.4 is 10.6 Å². The third kappa shape index (κ3) is 6.23. The van der Waals surface area contributed by atoms with Gasteiger partial charge in [-0.3, -0.25) is 4.90 Å². The van der Waals surface area contributed by atoms with Crippen LogP contribution in [0.2, 0.25) is 0 Å². The first-order chi connectivity index (χ1) is 17.3. The maximum atomic E-state index is 13.4. The second kappa shape index (κ2) is 11.7. The van der Waals surface area contributed by atoms with Crippen LogP contribution in [0.4, 0.5) is 15.3 Å². The smallest absolute Gasteiger partial charge is 0.322 e. The van der Waals surface area contributed by atoms with E-state index in [1.807, 2.05) is 34.1 Å². The molecular weight excluding hydrogens is 450 g/mol. The van der Waals surface area contributed by atoms with E-state index in [4.69, 9.17) is 0 Å². The van der Waals surface area contributed by atoms with Crippen molar-refractivity contribution in [3.63, 3.8) is 0 Å². The van der Waals surface area contributed by atoms with Crippen molar-refractivity contribution >= 4 is 17.7 Å². The molecule has 1 saturated heterocycles. The summed E-state index contributed by atoms with van der Waals surface area (Å²) in [6.45, 7) is 15.0. The molecular formula is C29H45N5O2. The van der Waals surface area contributed by atoms with Gasteiger partial charge in [-0.2, -0.15) is 0 Å². The number of urea groups is 2. The van der Waals surface area contributed by atoms with E-state index in [9.17, 15) is 9.59 Å². The number of aryl methyl sites for hydroxylation is 1. The van der Waals surface area contributed by atoms with E-state index in [2.05, 4.69) is 49.3 Å². The van der Waals surface area contributed by atoms with Crippen molar-refractivity contribution in [2.45, 2.75) is 53.4 Å². The number of nitrogens with one attached hydrogen (secondary N) is 2. The summed E-state index contributed by atoms with van der Waals surface area (Å²) >= 11 is 0. The molecule has 2 atom stereocenters. The van der Waals surface area contributed by atoms with Gasteiger partial charge in [0.2, 0.25) is 0 Å². The molecule has 0 spiro atoms. The van der Waals surface area contributed by atoms with Crippen molar-refractivity contribution in [2.75, 3.05) is 57.7 Å². The predicted octanol–water partition coefficient (Wildman–Crippen LogP) is 4.95. The summed E-state index contributed by atoms with van der Waals surface area (Å²) in [6, 6.07) is 8.00. The van der Waals surface area contributed by atoms with Gasteiger partial charge in [-0.15, -0.1) is 0 Å². The number of nitrogens with zero attached hydrogens (tertiary/aromatic N) is 3. The molecule has 2 fully saturated rings. The van der Waals surface area contributed by atoms with Crippen LogP contribution in [0.5, 0.6) is 0 Å². The highest BCUT2D eigenvalue weighted by atomic mass is 16.2. The van der Waals surface area contributed by atoms with Gasteiger partial charge >= 0.3 is 12.1 Å². The fraction of sp³-hybridized carbons (Fsp3) is 0.655. The molecule has 1 aromatic carbocycles. The number of carbonyl (C=O) groups is 2. The standard InChI is InChI=1S/C29H45N5O2/c1-5-6-13-30-27(35)33-17-14-32(15-18-33)16-19-34(28(36)31-25-11-7-22(2)8-12-25)21-23-9-10-24-20-26(23)29(24,3)4/h7-9,11-12,24,26H,5-6,10,13-21H2,1-4H3,(H,30,35)(H,31,36). The van der Waals surface area contributed by atoms with Gasteiger partial charge < -0.3 is 20.4 Å². The molecule has 2 unspecified atom stereocenters. The molecule has 198 valence electrons. The van der Waals surface area contributed by atoms with Gasteiger partial charge in [0.1, 0.15) is 0 Å². The SMILES string of the molecule is CCCCNC(=O)N1CCN(CCN(CC2=CCC3CC2C3(C)C)C(=O)Nc2ccc(C)cc2)CC1. The van der Waals surface area contributed by atoms with Crippen LogP contribution in [0.15, 0.2) is 35.9 Å². The molecule has 4 aliphatic rings. The Labute approximate surface area is 217 Å². The zero-order chi connectivity index (χ0) is 25.7. The number of benzene rings is 1. The minimum atomic E-state index is -0.0343. The van der Waals surface area contributed by atoms with Crippen LogP contribution >= 0.6 is 0 Å². The van der Waals surface area contributed by atoms with Crippen LogP contribution in [-0.2, 0) is 0 Å². The molecule has 1 aromatic rings. The van der Waals surface area contributed by atoms with E-state index in [0.717, 1.165) is 70.1 Å². The monoisotopic (exact) mass is 495 g/mol. The predicted molar refractivity (Wildman–Crippen MR) is 146 cm³/mol. The number of unbranched alkanes of at least 4 members (excludes halogenated alkanes) is 1. The number of rotatable bonds is 9. The normalized spacial score (nSPS) is 22.9. The Morgan fingerprint density at radius 3 is 2.47 bits per heavy atom. The highest BCUT2D eigenvalue weighted by Crippen LogP contribution is 2.59. The van der Waals surface area contributed by atoms with Crippen LogP contribution in [-0.4, -0.2) is 79.1 Å². The highest BCUT2D eigenvalue weighted by molar-refractivity contribution is 5.89. The molecule has 2 N–H and O–H groups in total. The van der Waals surface area contributed by atoms with E-state index in [-0.39, 0.29) is 12.1 Å². The molecule has 1 heterocycles. The number of anilines is 1. The van der Waals surface area contributed by atoms with Crippen molar-refractivity contribution in [3.05, 3.63) is 41.5 Å². The van der Waals surface area contributed by atoms with Crippen molar-refractivity contribution < 1.29 is 9.59 Å². The van der Waals surface area contributed by atoms with Crippen LogP contribution in [0.3, 0.4) is 0 Å². The Balaban J connectivity index is 1.33. The van der Waals surface area contributed by atoms with Gasteiger partial charge in [0.15, 0.2) is 0 Å². The Morgan fingerprint density at radius 1 is 1.11 bits per heavy atom. The first kappa shape index (κ1) is 26.5. The molecule has 36 heavy (non-hydrogen) atoms. The lowest BCUT2D eigenvalue weighted by Gasteiger charge is -2.57. The van der Waals surface area contributed by atoms with E-state index >= 15 is 0 Å². The molecule has 7 heteroatoms. The number of hydrogen-bond acceptors (Lipinski definition) is 3. The third-order valence-electron chi connectivity index (χ3n) is 8.70. The summed E-state index contributed by atoms with van der Waals surface area (Å²) in [4.78, 5) is 32.0. The maximum absolute atomic E-state index is 13.4. The van der Waals surface area contributed by atoms with Crippen LogP contribution in [0.1, 0.15) is 52.0 Å². The van der Waals surface area contributed by atoms with Crippen LogP contribution in [0.25, 0.3) is 0 Å². The summed E-state index contributed by atoms with van der Waals surface area (Å²) in [5.74, 6) is 1.37. The summed E-state index contributed by atoms with van der Waals surface area (Å²) in [5.41, 5.74) is 3.78. The van der Waals surface area contributed by atoms with Gasteiger partial charge in [0.05, 0.1) is 0 Å². The second-order valence-corrected chi connectivity index (χ2v) is 11.5. The Morgan fingerprint density at radius 2 is 1.83 bits per heavy atom. The molecule has 7 nitrogen and oxygen atoms in total. The largest absolute Gasteiger partial charge is 0.338 e. The first-order valence-electron chi connectivity index (χ1n) is 13.8. The van der Waals surface area contributed by atoms with Crippen LogP contribution in [0, 0.1) is 24.2 Å². The third-order valence-corrected chi connectivity index (χ3v) is 8.70. The van der Waals surface area contributed by atoms with Gasteiger partial charge in [-0.25, -0.2) is 9.59 Å². The topological polar surface area (TPSA) is 67.9 Å². The quantitative estimate of drug-likeness (QED) is 0.376. The molecule has 1 saturated carbocycles. The summed E-state index contributed by atoms with van der Waals surface area (Å²) in [5, 5.41) is 6.14. The molecule has 0 aromatic heterocycles. The fourth-order valence-electron chi connectivity index (χ4n) is 5.89. The molecule has 2 bridgehead atoms. The van der Waals surface area contributed by atoms with Crippen molar-refractivity contribution in [1.82, 2.24) is 20.0 Å². The molecule has 0 radical (unpaired) electrons. The number of piperazine rings is 1.